The van der Waals surface area contributed by atoms with Gasteiger partial charge in [-0.2, -0.15) is 4.72 Å². The van der Waals surface area contributed by atoms with E-state index in [1.807, 2.05) is 0 Å². The topological polar surface area (TPSA) is 114 Å². The van der Waals surface area contributed by atoms with Gasteiger partial charge in [-0.05, 0) is 44.0 Å². The number of carbonyl (C=O) groups excluding carboxylic acids is 2. The molecule has 2 aromatic rings. The van der Waals surface area contributed by atoms with Crippen LogP contribution in [0.25, 0.3) is 0 Å². The lowest BCUT2D eigenvalue weighted by atomic mass is 9.95. The number of likely N-dealkylation sites (tertiary alicyclic amines) is 1. The van der Waals surface area contributed by atoms with Crippen LogP contribution in [-0.2, 0) is 19.6 Å². The lowest BCUT2D eigenvalue weighted by Gasteiger charge is -2.33. The maximum absolute atomic E-state index is 13.9. The number of nitrogens with one attached hydrogen (secondary N) is 2. The third-order valence-corrected chi connectivity index (χ3v) is 7.22. The van der Waals surface area contributed by atoms with Gasteiger partial charge in [-0.3, -0.25) is 9.59 Å². The van der Waals surface area contributed by atoms with Gasteiger partial charge in [0.1, 0.15) is 10.7 Å². The second-order valence-electron chi connectivity index (χ2n) is 7.93. The first-order valence-corrected chi connectivity index (χ1v) is 12.0. The number of amides is 2. The van der Waals surface area contributed by atoms with E-state index in [4.69, 9.17) is 9.47 Å². The molecular formula is C22H24FN3O6S. The molecule has 0 saturated carbocycles. The Bertz CT molecular complexity index is 1160. The van der Waals surface area contributed by atoms with Crippen molar-refractivity contribution in [1.82, 2.24) is 9.62 Å². The summed E-state index contributed by atoms with van der Waals surface area (Å²) in [6, 6.07) is 9.05. The van der Waals surface area contributed by atoms with E-state index in [2.05, 4.69) is 10.0 Å². The summed E-state index contributed by atoms with van der Waals surface area (Å²) in [6.07, 6.45) is 0.879. The standard InChI is InChI=1S/C22H24FN3O6S/c1-14(25-33(29,30)20-5-3-2-4-17(20)23)22(28)26-10-8-15(9-11-26)21(27)24-16-6-7-18-19(12-16)32-13-31-18/h2-7,12,14-15,25H,8-11,13H2,1H3,(H,24,27). The molecule has 1 unspecified atom stereocenters. The molecule has 2 aliphatic heterocycles. The highest BCUT2D eigenvalue weighted by Gasteiger charge is 2.32. The molecule has 9 nitrogen and oxygen atoms in total. The number of ether oxygens (including phenoxy) is 2. The predicted octanol–water partition coefficient (Wildman–Crippen LogP) is 2.10. The Morgan fingerprint density at radius 1 is 1.09 bits per heavy atom. The Hall–Kier alpha value is -3.18. The van der Waals surface area contributed by atoms with Crippen molar-refractivity contribution >= 4 is 27.5 Å². The number of halogens is 1. The van der Waals surface area contributed by atoms with E-state index in [1.165, 1.54) is 24.0 Å². The van der Waals surface area contributed by atoms with Crippen molar-refractivity contribution in [3.8, 4) is 11.5 Å². The minimum absolute atomic E-state index is 0.147. The molecule has 1 saturated heterocycles. The summed E-state index contributed by atoms with van der Waals surface area (Å²) in [6.45, 7) is 2.18. The van der Waals surface area contributed by atoms with E-state index in [0.29, 0.717) is 43.1 Å². The van der Waals surface area contributed by atoms with Gasteiger partial charge in [0.2, 0.25) is 28.6 Å². The molecule has 0 bridgehead atoms. The summed E-state index contributed by atoms with van der Waals surface area (Å²) < 4.78 is 51.6. The number of benzene rings is 2. The molecule has 0 aromatic heterocycles. The van der Waals surface area contributed by atoms with E-state index in [-0.39, 0.29) is 18.6 Å². The van der Waals surface area contributed by atoms with Crippen LogP contribution in [0.3, 0.4) is 0 Å². The van der Waals surface area contributed by atoms with Gasteiger partial charge in [0.25, 0.3) is 0 Å². The zero-order valence-corrected chi connectivity index (χ0v) is 18.7. The van der Waals surface area contributed by atoms with Gasteiger partial charge in [-0.15, -0.1) is 0 Å². The highest BCUT2D eigenvalue weighted by atomic mass is 32.2. The van der Waals surface area contributed by atoms with Crippen molar-refractivity contribution in [2.75, 3.05) is 25.2 Å². The lowest BCUT2D eigenvalue weighted by Crippen LogP contribution is -2.50. The number of hydrogen-bond donors (Lipinski definition) is 2. The Balaban J connectivity index is 1.30. The molecule has 1 atom stereocenters. The summed E-state index contributed by atoms with van der Waals surface area (Å²) in [5, 5.41) is 2.86. The fourth-order valence-electron chi connectivity index (χ4n) is 3.86. The molecule has 33 heavy (non-hydrogen) atoms. The fourth-order valence-corrected chi connectivity index (χ4v) is 5.14. The van der Waals surface area contributed by atoms with Gasteiger partial charge >= 0.3 is 0 Å². The largest absolute Gasteiger partial charge is 0.454 e. The number of carbonyl (C=O) groups is 2. The molecule has 11 heteroatoms. The monoisotopic (exact) mass is 477 g/mol. The zero-order chi connectivity index (χ0) is 23.6. The Kier molecular flexibility index (Phi) is 6.52. The molecule has 4 rings (SSSR count). The summed E-state index contributed by atoms with van der Waals surface area (Å²) in [4.78, 5) is 26.4. The highest BCUT2D eigenvalue weighted by Crippen LogP contribution is 2.34. The summed E-state index contributed by atoms with van der Waals surface area (Å²) >= 11 is 0. The average Bonchev–Trinajstić information content (AvgIpc) is 3.26. The van der Waals surface area contributed by atoms with Crippen molar-refractivity contribution in [2.45, 2.75) is 30.7 Å². The zero-order valence-electron chi connectivity index (χ0n) is 17.9. The van der Waals surface area contributed by atoms with Crippen LogP contribution >= 0.6 is 0 Å². The first kappa shape index (κ1) is 23.0. The molecule has 0 spiro atoms. The van der Waals surface area contributed by atoms with Crippen molar-refractivity contribution in [3.63, 3.8) is 0 Å². The third kappa shape index (κ3) is 5.09. The van der Waals surface area contributed by atoms with Crippen LogP contribution in [0, 0.1) is 11.7 Å². The van der Waals surface area contributed by atoms with E-state index in [0.717, 1.165) is 12.1 Å². The van der Waals surface area contributed by atoms with E-state index >= 15 is 0 Å². The van der Waals surface area contributed by atoms with Crippen LogP contribution in [0.5, 0.6) is 11.5 Å². The number of hydrogen-bond acceptors (Lipinski definition) is 6. The van der Waals surface area contributed by atoms with Gasteiger partial charge in [0, 0.05) is 30.8 Å². The van der Waals surface area contributed by atoms with Crippen molar-refractivity contribution in [2.24, 2.45) is 5.92 Å². The predicted molar refractivity (Wildman–Crippen MR) is 117 cm³/mol. The van der Waals surface area contributed by atoms with Gasteiger partial charge in [-0.25, -0.2) is 12.8 Å². The van der Waals surface area contributed by atoms with E-state index < -0.39 is 32.7 Å². The molecule has 2 aromatic carbocycles. The van der Waals surface area contributed by atoms with Gasteiger partial charge in [0.05, 0.1) is 6.04 Å². The van der Waals surface area contributed by atoms with Crippen LogP contribution in [0.2, 0.25) is 0 Å². The van der Waals surface area contributed by atoms with Crippen LogP contribution in [-0.4, -0.2) is 51.1 Å². The van der Waals surface area contributed by atoms with Crippen molar-refractivity contribution < 1.29 is 31.9 Å². The molecule has 0 radical (unpaired) electrons. The molecule has 176 valence electrons. The molecule has 2 aliphatic rings. The maximum Gasteiger partial charge on any atom is 0.244 e. The number of rotatable bonds is 6. The normalized spacial score (nSPS) is 17.0. The molecule has 1 fully saturated rings. The Morgan fingerprint density at radius 2 is 1.79 bits per heavy atom. The first-order valence-electron chi connectivity index (χ1n) is 10.5. The number of sulfonamides is 1. The number of nitrogens with zero attached hydrogens (tertiary/aromatic N) is 1. The molecule has 2 N–H and O–H groups in total. The SMILES string of the molecule is CC(NS(=O)(=O)c1ccccc1F)C(=O)N1CCC(C(=O)Nc2ccc3c(c2)OCO3)CC1. The lowest BCUT2D eigenvalue weighted by molar-refractivity contribution is -0.135. The summed E-state index contributed by atoms with van der Waals surface area (Å²) in [5.41, 5.74) is 0.596. The first-order chi connectivity index (χ1) is 15.7. The Labute approximate surface area is 190 Å². The third-order valence-electron chi connectivity index (χ3n) is 5.65. The molecule has 0 aliphatic carbocycles. The van der Waals surface area contributed by atoms with Crippen molar-refractivity contribution in [3.05, 3.63) is 48.3 Å². The maximum atomic E-state index is 13.9. The average molecular weight is 478 g/mol. The number of anilines is 1. The summed E-state index contributed by atoms with van der Waals surface area (Å²) in [7, 11) is -4.19. The number of piperidine rings is 1. The van der Waals surface area contributed by atoms with E-state index in [9.17, 15) is 22.4 Å². The Morgan fingerprint density at radius 3 is 2.52 bits per heavy atom. The van der Waals surface area contributed by atoms with Crippen LogP contribution in [0.15, 0.2) is 47.4 Å². The smallest absolute Gasteiger partial charge is 0.244 e. The van der Waals surface area contributed by atoms with Crippen LogP contribution in [0.4, 0.5) is 10.1 Å². The molecular weight excluding hydrogens is 453 g/mol. The summed E-state index contributed by atoms with van der Waals surface area (Å²) in [5.74, 6) is -0.567. The van der Waals surface area contributed by atoms with Crippen LogP contribution < -0.4 is 19.5 Å². The van der Waals surface area contributed by atoms with Crippen molar-refractivity contribution in [1.29, 1.82) is 0 Å². The quantitative estimate of drug-likeness (QED) is 0.659. The number of fused-ring (bicyclic) bond motifs is 1. The molecule has 2 heterocycles. The van der Waals surface area contributed by atoms with Crippen LogP contribution in [0.1, 0.15) is 19.8 Å². The minimum atomic E-state index is -4.19. The van der Waals surface area contributed by atoms with Gasteiger partial charge < -0.3 is 19.7 Å². The van der Waals surface area contributed by atoms with Gasteiger partial charge in [-0.1, -0.05) is 12.1 Å². The van der Waals surface area contributed by atoms with Gasteiger partial charge in [0.15, 0.2) is 11.5 Å². The molecule has 2 amide bonds. The second kappa shape index (κ2) is 9.36. The van der Waals surface area contributed by atoms with E-state index in [1.54, 1.807) is 18.2 Å². The fraction of sp³-hybridized carbons (Fsp3) is 0.364. The highest BCUT2D eigenvalue weighted by molar-refractivity contribution is 7.89. The second-order valence-corrected chi connectivity index (χ2v) is 9.61. The minimum Gasteiger partial charge on any atom is -0.454 e.